The van der Waals surface area contributed by atoms with E-state index in [1.54, 1.807) is 35.6 Å². The van der Waals surface area contributed by atoms with Crippen LogP contribution < -0.4 is 10.1 Å². The molecular formula is C19H12F3N3O3. The predicted octanol–water partition coefficient (Wildman–Crippen LogP) is 4.00. The molecule has 9 heteroatoms. The Balaban J connectivity index is 1.76. The van der Waals surface area contributed by atoms with Gasteiger partial charge in [-0.15, -0.1) is 0 Å². The molecule has 1 amide bonds. The van der Waals surface area contributed by atoms with Gasteiger partial charge in [-0.05, 0) is 24.3 Å². The summed E-state index contributed by atoms with van der Waals surface area (Å²) in [6, 6.07) is 14.6. The van der Waals surface area contributed by atoms with E-state index < -0.39 is 12.1 Å². The van der Waals surface area contributed by atoms with Gasteiger partial charge in [-0.3, -0.25) is 9.59 Å². The lowest BCUT2D eigenvalue weighted by atomic mass is 10.0. The minimum atomic E-state index is -5.06. The molecule has 0 fully saturated rings. The first kappa shape index (κ1) is 19.0. The van der Waals surface area contributed by atoms with E-state index in [2.05, 4.69) is 9.97 Å². The molecule has 1 heterocycles. The fourth-order valence-electron chi connectivity index (χ4n) is 2.22. The average Bonchev–Trinajstić information content (AvgIpc) is 2.69. The molecule has 0 spiro atoms. The number of carbonyl (C=O) groups excluding carboxylic acids is 2. The van der Waals surface area contributed by atoms with Crippen LogP contribution in [0.2, 0.25) is 0 Å². The summed E-state index contributed by atoms with van der Waals surface area (Å²) in [4.78, 5) is 30.8. The van der Waals surface area contributed by atoms with Crippen LogP contribution in [-0.4, -0.2) is 27.8 Å². The number of nitrogens with zero attached hydrogens (tertiary/aromatic N) is 2. The fourth-order valence-corrected chi connectivity index (χ4v) is 2.22. The van der Waals surface area contributed by atoms with E-state index in [1.165, 1.54) is 24.3 Å². The molecule has 3 rings (SSSR count). The van der Waals surface area contributed by atoms with Crippen LogP contribution in [-0.2, 0) is 4.79 Å². The summed E-state index contributed by atoms with van der Waals surface area (Å²) in [5.41, 5.74) is 0.588. The molecule has 1 aromatic heterocycles. The Morgan fingerprint density at radius 2 is 1.57 bits per heavy atom. The monoisotopic (exact) mass is 387 g/mol. The molecule has 1 N–H and O–H groups in total. The van der Waals surface area contributed by atoms with E-state index in [0.29, 0.717) is 11.1 Å². The zero-order chi connectivity index (χ0) is 20.1. The summed E-state index contributed by atoms with van der Waals surface area (Å²) < 4.78 is 42.7. The number of alkyl halides is 3. The number of amides is 1. The third-order valence-electron chi connectivity index (χ3n) is 3.55. The SMILES string of the molecule is O=C(c1ccccc1)c1ccc(Oc2ncncc2NC(=O)C(F)(F)F)cc1. The third-order valence-corrected chi connectivity index (χ3v) is 3.55. The Hall–Kier alpha value is -3.75. The first-order chi connectivity index (χ1) is 13.3. The molecule has 0 aliphatic rings. The third kappa shape index (κ3) is 4.50. The number of ketones is 1. The number of halogens is 3. The maximum absolute atomic E-state index is 12.4. The van der Waals surface area contributed by atoms with Crippen molar-refractivity contribution in [1.29, 1.82) is 0 Å². The first-order valence-corrected chi connectivity index (χ1v) is 7.90. The predicted molar refractivity (Wildman–Crippen MR) is 93.1 cm³/mol. The Morgan fingerprint density at radius 1 is 0.929 bits per heavy atom. The molecular weight excluding hydrogens is 375 g/mol. The second-order valence-electron chi connectivity index (χ2n) is 5.52. The molecule has 0 saturated heterocycles. The summed E-state index contributed by atoms with van der Waals surface area (Å²) >= 11 is 0. The lowest BCUT2D eigenvalue weighted by Crippen LogP contribution is -2.30. The van der Waals surface area contributed by atoms with Crippen LogP contribution in [0.4, 0.5) is 18.9 Å². The Kier molecular flexibility index (Phi) is 5.35. The molecule has 3 aromatic rings. The Morgan fingerprint density at radius 3 is 2.21 bits per heavy atom. The van der Waals surface area contributed by atoms with Gasteiger partial charge in [-0.25, -0.2) is 4.98 Å². The smallest absolute Gasteiger partial charge is 0.437 e. The van der Waals surface area contributed by atoms with Crippen LogP contribution in [0.15, 0.2) is 67.1 Å². The van der Waals surface area contributed by atoms with Crippen LogP contribution in [0.5, 0.6) is 11.6 Å². The molecule has 0 bridgehead atoms. The number of aromatic nitrogens is 2. The fraction of sp³-hybridized carbons (Fsp3) is 0.0526. The maximum atomic E-state index is 12.4. The van der Waals surface area contributed by atoms with Crippen molar-refractivity contribution in [3.63, 3.8) is 0 Å². The van der Waals surface area contributed by atoms with Crippen molar-refractivity contribution < 1.29 is 27.5 Å². The van der Waals surface area contributed by atoms with E-state index in [9.17, 15) is 22.8 Å². The van der Waals surface area contributed by atoms with Crippen LogP contribution in [0, 0.1) is 0 Å². The molecule has 0 atom stereocenters. The summed E-state index contributed by atoms with van der Waals surface area (Å²) in [6.45, 7) is 0. The molecule has 0 aliphatic heterocycles. The standard InChI is InChI=1S/C19H12F3N3O3/c20-19(21,22)18(27)25-15-10-23-11-24-17(15)28-14-8-6-13(7-9-14)16(26)12-4-2-1-3-5-12/h1-11H,(H,25,27). The van der Waals surface area contributed by atoms with Gasteiger partial charge in [0.25, 0.3) is 0 Å². The van der Waals surface area contributed by atoms with Gasteiger partial charge in [0.05, 0.1) is 6.20 Å². The van der Waals surface area contributed by atoms with Crippen LogP contribution >= 0.6 is 0 Å². The molecule has 0 radical (unpaired) electrons. The van der Waals surface area contributed by atoms with Crippen molar-refractivity contribution in [1.82, 2.24) is 9.97 Å². The van der Waals surface area contributed by atoms with Gasteiger partial charge in [0.2, 0.25) is 5.88 Å². The lowest BCUT2D eigenvalue weighted by Gasteiger charge is -2.12. The summed E-state index contributed by atoms with van der Waals surface area (Å²) in [6.07, 6.45) is -3.02. The second-order valence-corrected chi connectivity index (χ2v) is 5.52. The minimum absolute atomic E-state index is 0.188. The lowest BCUT2D eigenvalue weighted by molar-refractivity contribution is -0.167. The number of anilines is 1. The number of ether oxygens (including phenoxy) is 1. The van der Waals surface area contributed by atoms with Crippen molar-refractivity contribution in [2.75, 3.05) is 5.32 Å². The molecule has 0 unspecified atom stereocenters. The van der Waals surface area contributed by atoms with E-state index in [0.717, 1.165) is 12.5 Å². The minimum Gasteiger partial charge on any atom is -0.437 e. The van der Waals surface area contributed by atoms with Gasteiger partial charge >= 0.3 is 12.1 Å². The number of carbonyl (C=O) groups is 2. The summed E-state index contributed by atoms with van der Waals surface area (Å²) in [5, 5.41) is 1.65. The Bertz CT molecular complexity index is 991. The van der Waals surface area contributed by atoms with E-state index in [-0.39, 0.29) is 23.1 Å². The number of rotatable bonds is 5. The van der Waals surface area contributed by atoms with Gasteiger partial charge in [-0.2, -0.15) is 18.2 Å². The van der Waals surface area contributed by atoms with E-state index in [1.807, 2.05) is 0 Å². The zero-order valence-corrected chi connectivity index (χ0v) is 14.1. The van der Waals surface area contributed by atoms with Crippen LogP contribution in [0.25, 0.3) is 0 Å². The molecule has 28 heavy (non-hydrogen) atoms. The highest BCUT2D eigenvalue weighted by atomic mass is 19.4. The highest BCUT2D eigenvalue weighted by Gasteiger charge is 2.39. The van der Waals surface area contributed by atoms with Crippen molar-refractivity contribution in [2.45, 2.75) is 6.18 Å². The molecule has 142 valence electrons. The normalized spacial score (nSPS) is 11.0. The quantitative estimate of drug-likeness (QED) is 0.670. The van der Waals surface area contributed by atoms with Crippen molar-refractivity contribution >= 4 is 17.4 Å². The average molecular weight is 387 g/mol. The highest BCUT2D eigenvalue weighted by molar-refractivity contribution is 6.09. The maximum Gasteiger partial charge on any atom is 0.471 e. The first-order valence-electron chi connectivity index (χ1n) is 7.90. The van der Waals surface area contributed by atoms with Gasteiger partial charge in [0.15, 0.2) is 5.78 Å². The second kappa shape index (κ2) is 7.87. The van der Waals surface area contributed by atoms with E-state index in [4.69, 9.17) is 4.74 Å². The van der Waals surface area contributed by atoms with Gasteiger partial charge < -0.3 is 10.1 Å². The molecule has 2 aromatic carbocycles. The van der Waals surface area contributed by atoms with Gasteiger partial charge in [0, 0.05) is 11.1 Å². The number of hydrogen-bond donors (Lipinski definition) is 1. The zero-order valence-electron chi connectivity index (χ0n) is 14.1. The van der Waals surface area contributed by atoms with E-state index >= 15 is 0 Å². The summed E-state index contributed by atoms with van der Waals surface area (Å²) in [5.74, 6) is -2.41. The van der Waals surface area contributed by atoms with Crippen molar-refractivity contribution in [3.05, 3.63) is 78.2 Å². The largest absolute Gasteiger partial charge is 0.471 e. The number of hydrogen-bond acceptors (Lipinski definition) is 5. The topological polar surface area (TPSA) is 81.2 Å². The summed E-state index contributed by atoms with van der Waals surface area (Å²) in [7, 11) is 0. The highest BCUT2D eigenvalue weighted by Crippen LogP contribution is 2.28. The molecule has 0 aliphatic carbocycles. The number of benzene rings is 2. The van der Waals surface area contributed by atoms with Crippen LogP contribution in [0.3, 0.4) is 0 Å². The van der Waals surface area contributed by atoms with Gasteiger partial charge in [0.1, 0.15) is 17.8 Å². The van der Waals surface area contributed by atoms with Crippen molar-refractivity contribution in [2.24, 2.45) is 0 Å². The number of nitrogens with one attached hydrogen (secondary N) is 1. The van der Waals surface area contributed by atoms with Gasteiger partial charge in [-0.1, -0.05) is 30.3 Å². The molecule has 0 saturated carbocycles. The Labute approximate surface area is 157 Å². The van der Waals surface area contributed by atoms with Crippen molar-refractivity contribution in [3.8, 4) is 11.6 Å². The van der Waals surface area contributed by atoms with Crippen LogP contribution in [0.1, 0.15) is 15.9 Å². The molecule has 6 nitrogen and oxygen atoms in total.